The summed E-state index contributed by atoms with van der Waals surface area (Å²) < 4.78 is 0. The molecule has 0 bridgehead atoms. The van der Waals surface area contributed by atoms with E-state index in [1.54, 1.807) is 0 Å². The lowest BCUT2D eigenvalue weighted by atomic mass is 9.87. The van der Waals surface area contributed by atoms with E-state index in [-0.39, 0.29) is 0 Å². The van der Waals surface area contributed by atoms with E-state index >= 15 is 0 Å². The van der Waals surface area contributed by atoms with E-state index in [1.807, 2.05) is 86.3 Å². The Bertz CT molecular complexity index is 860. The third kappa shape index (κ3) is 2.84. The number of nitrogens with one attached hydrogen (secondary N) is 1. The maximum atomic E-state index is 12.4. The van der Waals surface area contributed by atoms with Crippen LogP contribution in [0.25, 0.3) is 10.8 Å². The van der Waals surface area contributed by atoms with Gasteiger partial charge in [0.25, 0.3) is 5.91 Å². The van der Waals surface area contributed by atoms with Gasteiger partial charge < -0.3 is 4.90 Å². The normalized spacial score (nSPS) is 12.0. The smallest absolute Gasteiger partial charge is 0.255 e. The van der Waals surface area contributed by atoms with Crippen molar-refractivity contribution in [2.75, 3.05) is 19.0 Å². The number of carbonyl (C=O) groups excluding carboxylic acids is 1. The average Bonchev–Trinajstić information content (AvgIpc) is 2.62. The van der Waals surface area contributed by atoms with Crippen molar-refractivity contribution in [1.29, 1.82) is 0 Å². The summed E-state index contributed by atoms with van der Waals surface area (Å²) in [6.07, 6.45) is 0. The van der Waals surface area contributed by atoms with Gasteiger partial charge >= 0.3 is 0 Å². The van der Waals surface area contributed by atoms with Crippen molar-refractivity contribution in [2.24, 2.45) is 0 Å². The van der Waals surface area contributed by atoms with Crippen LogP contribution < -0.4 is 10.4 Å². The van der Waals surface area contributed by atoms with E-state index in [2.05, 4.69) is 4.90 Å². The van der Waals surface area contributed by atoms with Crippen LogP contribution in [0.1, 0.15) is 17.0 Å². The van der Waals surface area contributed by atoms with Crippen molar-refractivity contribution >= 4 is 22.4 Å². The minimum Gasteiger partial charge on any atom is -0.377 e. The zero-order valence-corrected chi connectivity index (χ0v) is 13.7. The number of hydrogen-bond donors (Lipinski definition) is 2. The van der Waals surface area contributed by atoms with Gasteiger partial charge in [-0.1, -0.05) is 60.7 Å². The molecule has 3 aromatic carbocycles. The Balaban J connectivity index is 2.26. The second-order valence-electron chi connectivity index (χ2n) is 5.93. The van der Waals surface area contributed by atoms with Crippen LogP contribution in [0.5, 0.6) is 0 Å². The Labute approximate surface area is 141 Å². The van der Waals surface area contributed by atoms with Gasteiger partial charge in [0.05, 0.1) is 5.92 Å². The molecule has 3 aromatic rings. The number of hydroxylamine groups is 1. The predicted molar refractivity (Wildman–Crippen MR) is 96.5 cm³/mol. The highest BCUT2D eigenvalue weighted by Gasteiger charge is 2.24. The molecule has 0 spiro atoms. The molecule has 1 atom stereocenters. The van der Waals surface area contributed by atoms with Crippen molar-refractivity contribution in [3.8, 4) is 0 Å². The number of amides is 1. The van der Waals surface area contributed by atoms with E-state index in [0.717, 1.165) is 27.6 Å². The summed E-state index contributed by atoms with van der Waals surface area (Å²) in [5.41, 5.74) is 4.61. The van der Waals surface area contributed by atoms with E-state index in [4.69, 9.17) is 0 Å². The molecule has 0 aromatic heterocycles. The Hall–Kier alpha value is -2.85. The molecule has 0 fully saturated rings. The maximum Gasteiger partial charge on any atom is 0.255 e. The summed E-state index contributed by atoms with van der Waals surface area (Å²) in [5, 5.41) is 11.3. The summed E-state index contributed by atoms with van der Waals surface area (Å²) >= 11 is 0. The molecular formula is C20H20N2O2. The van der Waals surface area contributed by atoms with Gasteiger partial charge in [-0.15, -0.1) is 0 Å². The minimum atomic E-state index is -0.572. The first-order valence-corrected chi connectivity index (χ1v) is 7.81. The predicted octanol–water partition coefficient (Wildman–Crippen LogP) is 3.54. The molecule has 0 saturated carbocycles. The van der Waals surface area contributed by atoms with E-state index < -0.39 is 11.8 Å². The van der Waals surface area contributed by atoms with Gasteiger partial charge in [-0.05, 0) is 22.6 Å². The zero-order chi connectivity index (χ0) is 17.1. The SMILES string of the molecule is CN(C)c1ccc(C(C(=O)NO)c2ccccc2)c2ccccc12. The quantitative estimate of drug-likeness (QED) is 0.571. The topological polar surface area (TPSA) is 52.6 Å². The molecule has 0 radical (unpaired) electrons. The highest BCUT2D eigenvalue weighted by Crippen LogP contribution is 2.35. The number of carbonyl (C=O) groups is 1. The van der Waals surface area contributed by atoms with Gasteiger partial charge in [-0.2, -0.15) is 0 Å². The molecule has 4 heteroatoms. The maximum absolute atomic E-state index is 12.4. The standard InChI is InChI=1S/C20H20N2O2/c1-22(2)18-13-12-17(15-10-6-7-11-16(15)18)19(20(23)21-24)14-8-4-3-5-9-14/h3-13,19,24H,1-2H3,(H,21,23). The number of anilines is 1. The first kappa shape index (κ1) is 16.0. The summed E-state index contributed by atoms with van der Waals surface area (Å²) in [6, 6.07) is 21.5. The first-order chi connectivity index (χ1) is 11.6. The second-order valence-corrected chi connectivity index (χ2v) is 5.93. The average molecular weight is 320 g/mol. The van der Waals surface area contributed by atoms with Gasteiger partial charge in [0, 0.05) is 25.2 Å². The Morgan fingerprint density at radius 3 is 2.17 bits per heavy atom. The number of hydrogen-bond acceptors (Lipinski definition) is 3. The van der Waals surface area contributed by atoms with Gasteiger partial charge in [0.15, 0.2) is 0 Å². The Morgan fingerprint density at radius 2 is 1.54 bits per heavy atom. The van der Waals surface area contributed by atoms with Crippen molar-refractivity contribution in [3.63, 3.8) is 0 Å². The van der Waals surface area contributed by atoms with Crippen molar-refractivity contribution in [2.45, 2.75) is 5.92 Å². The lowest BCUT2D eigenvalue weighted by molar-refractivity contribution is -0.129. The van der Waals surface area contributed by atoms with Crippen LogP contribution >= 0.6 is 0 Å². The number of fused-ring (bicyclic) bond motifs is 1. The van der Waals surface area contributed by atoms with Crippen molar-refractivity contribution in [1.82, 2.24) is 5.48 Å². The largest absolute Gasteiger partial charge is 0.377 e. The highest BCUT2D eigenvalue weighted by atomic mass is 16.5. The minimum absolute atomic E-state index is 0.441. The molecule has 122 valence electrons. The fourth-order valence-corrected chi connectivity index (χ4v) is 3.13. The first-order valence-electron chi connectivity index (χ1n) is 7.81. The molecule has 2 N–H and O–H groups in total. The van der Waals surface area contributed by atoms with Gasteiger partial charge in [0.1, 0.15) is 0 Å². The van der Waals surface area contributed by atoms with E-state index in [1.165, 1.54) is 0 Å². The summed E-state index contributed by atoms with van der Waals surface area (Å²) in [5.74, 6) is -1.01. The summed E-state index contributed by atoms with van der Waals surface area (Å²) in [4.78, 5) is 14.5. The Morgan fingerprint density at radius 1 is 0.917 bits per heavy atom. The molecule has 24 heavy (non-hydrogen) atoms. The molecule has 0 aliphatic rings. The lowest BCUT2D eigenvalue weighted by Crippen LogP contribution is -2.27. The molecule has 0 aliphatic carbocycles. The van der Waals surface area contributed by atoms with E-state index in [0.29, 0.717) is 0 Å². The van der Waals surface area contributed by atoms with Gasteiger partial charge in [0.2, 0.25) is 0 Å². The fraction of sp³-hybridized carbons (Fsp3) is 0.150. The van der Waals surface area contributed by atoms with Crippen LogP contribution in [-0.4, -0.2) is 25.2 Å². The fourth-order valence-electron chi connectivity index (χ4n) is 3.13. The van der Waals surface area contributed by atoms with Crippen LogP contribution in [0.4, 0.5) is 5.69 Å². The second kappa shape index (κ2) is 6.72. The molecule has 0 saturated heterocycles. The number of rotatable bonds is 4. The van der Waals surface area contributed by atoms with Gasteiger partial charge in [-0.25, -0.2) is 5.48 Å². The van der Waals surface area contributed by atoms with Crippen molar-refractivity contribution in [3.05, 3.63) is 77.9 Å². The highest BCUT2D eigenvalue weighted by molar-refractivity contribution is 6.00. The molecule has 4 nitrogen and oxygen atoms in total. The molecule has 1 amide bonds. The number of benzene rings is 3. The van der Waals surface area contributed by atoms with Crippen molar-refractivity contribution < 1.29 is 10.0 Å². The van der Waals surface area contributed by atoms with Crippen LogP contribution in [0, 0.1) is 0 Å². The third-order valence-corrected chi connectivity index (χ3v) is 4.23. The Kier molecular flexibility index (Phi) is 4.49. The monoisotopic (exact) mass is 320 g/mol. The molecule has 3 rings (SSSR count). The number of nitrogens with zero attached hydrogens (tertiary/aromatic N) is 1. The third-order valence-electron chi connectivity index (χ3n) is 4.23. The van der Waals surface area contributed by atoms with Crippen LogP contribution in [-0.2, 0) is 4.79 Å². The molecule has 0 aliphatic heterocycles. The van der Waals surface area contributed by atoms with E-state index in [9.17, 15) is 10.0 Å². The lowest BCUT2D eigenvalue weighted by Gasteiger charge is -2.21. The molecule has 0 heterocycles. The van der Waals surface area contributed by atoms with Gasteiger partial charge in [-0.3, -0.25) is 10.0 Å². The summed E-state index contributed by atoms with van der Waals surface area (Å²) in [7, 11) is 3.99. The van der Waals surface area contributed by atoms with Crippen LogP contribution in [0.3, 0.4) is 0 Å². The van der Waals surface area contributed by atoms with Crippen LogP contribution in [0.2, 0.25) is 0 Å². The summed E-state index contributed by atoms with van der Waals surface area (Å²) in [6.45, 7) is 0. The van der Waals surface area contributed by atoms with Crippen LogP contribution in [0.15, 0.2) is 66.7 Å². The zero-order valence-electron chi connectivity index (χ0n) is 13.7. The molecule has 1 unspecified atom stereocenters. The molecular weight excluding hydrogens is 300 g/mol.